The van der Waals surface area contributed by atoms with Crippen molar-refractivity contribution in [1.29, 1.82) is 0 Å². The minimum atomic E-state index is -0.321. The molecule has 0 amide bonds. The molecule has 6 heteroatoms. The number of benzene rings is 1. The summed E-state index contributed by atoms with van der Waals surface area (Å²) in [5.41, 5.74) is 8.39. The summed E-state index contributed by atoms with van der Waals surface area (Å²) in [5.74, 6) is 1.34. The zero-order chi connectivity index (χ0) is 13.9. The Hall–Kier alpha value is -2.47. The van der Waals surface area contributed by atoms with E-state index in [9.17, 15) is 0 Å². The molecule has 0 aliphatic carbocycles. The Balaban J connectivity index is 1.77. The van der Waals surface area contributed by atoms with Crippen LogP contribution >= 0.6 is 0 Å². The van der Waals surface area contributed by atoms with E-state index in [1.54, 1.807) is 10.9 Å². The van der Waals surface area contributed by atoms with Crippen molar-refractivity contribution in [2.45, 2.75) is 19.5 Å². The number of nitrogens with zero attached hydrogens (tertiary/aromatic N) is 4. The van der Waals surface area contributed by atoms with Gasteiger partial charge in [0.2, 0.25) is 0 Å². The third-order valence-electron chi connectivity index (χ3n) is 3.13. The van der Waals surface area contributed by atoms with Crippen LogP contribution in [0, 0.1) is 6.92 Å². The quantitative estimate of drug-likeness (QED) is 0.749. The van der Waals surface area contributed by atoms with Gasteiger partial charge in [0, 0.05) is 12.4 Å². The SMILES string of the molecule is Cc1ccc([C@H](N)c2n[nH]c(Cn3cccn3)n2)cc1. The molecule has 0 fully saturated rings. The van der Waals surface area contributed by atoms with Crippen molar-refractivity contribution in [3.63, 3.8) is 0 Å². The van der Waals surface area contributed by atoms with Gasteiger partial charge in [0.15, 0.2) is 5.82 Å². The smallest absolute Gasteiger partial charge is 0.171 e. The molecule has 0 spiro atoms. The maximum atomic E-state index is 6.19. The number of nitrogens with two attached hydrogens (primary N) is 1. The van der Waals surface area contributed by atoms with Crippen LogP contribution < -0.4 is 5.73 Å². The molecule has 2 heterocycles. The van der Waals surface area contributed by atoms with Gasteiger partial charge >= 0.3 is 0 Å². The van der Waals surface area contributed by atoms with E-state index in [2.05, 4.69) is 20.3 Å². The van der Waals surface area contributed by atoms with Crippen LogP contribution in [0.5, 0.6) is 0 Å². The summed E-state index contributed by atoms with van der Waals surface area (Å²) in [5, 5.41) is 11.2. The highest BCUT2D eigenvalue weighted by Crippen LogP contribution is 2.16. The van der Waals surface area contributed by atoms with Crippen molar-refractivity contribution in [2.75, 3.05) is 0 Å². The lowest BCUT2D eigenvalue weighted by atomic mass is 10.1. The van der Waals surface area contributed by atoms with Gasteiger partial charge in [0.25, 0.3) is 0 Å². The summed E-state index contributed by atoms with van der Waals surface area (Å²) >= 11 is 0. The van der Waals surface area contributed by atoms with E-state index in [1.165, 1.54) is 5.56 Å². The standard InChI is InChI=1S/C14H16N6/c1-10-3-5-11(6-4-10)13(15)14-17-12(18-19-14)9-20-8-2-7-16-20/h2-8,13H,9,15H2,1H3,(H,17,18,19)/t13-/m0/s1. The van der Waals surface area contributed by atoms with Crippen molar-refractivity contribution in [3.05, 3.63) is 65.5 Å². The fourth-order valence-electron chi connectivity index (χ4n) is 1.99. The number of nitrogens with one attached hydrogen (secondary N) is 1. The maximum Gasteiger partial charge on any atom is 0.171 e. The Kier molecular flexibility index (Phi) is 3.30. The van der Waals surface area contributed by atoms with Crippen molar-refractivity contribution < 1.29 is 0 Å². The van der Waals surface area contributed by atoms with Gasteiger partial charge in [0.05, 0.1) is 6.04 Å². The summed E-state index contributed by atoms with van der Waals surface area (Å²) in [6, 6.07) is 9.62. The molecule has 3 rings (SSSR count). The second-order valence-corrected chi connectivity index (χ2v) is 4.73. The average molecular weight is 268 g/mol. The van der Waals surface area contributed by atoms with Crippen LogP contribution in [-0.4, -0.2) is 25.0 Å². The molecule has 2 aromatic heterocycles. The lowest BCUT2D eigenvalue weighted by Gasteiger charge is -2.07. The summed E-state index contributed by atoms with van der Waals surface area (Å²) in [6.45, 7) is 2.60. The molecule has 1 atom stereocenters. The van der Waals surface area contributed by atoms with Gasteiger partial charge in [-0.15, -0.1) is 0 Å². The molecule has 1 aromatic carbocycles. The highest BCUT2D eigenvalue weighted by molar-refractivity contribution is 5.27. The Morgan fingerprint density at radius 3 is 2.80 bits per heavy atom. The summed E-state index contributed by atoms with van der Waals surface area (Å²) < 4.78 is 1.78. The van der Waals surface area contributed by atoms with Crippen LogP contribution in [0.25, 0.3) is 0 Å². The molecule has 20 heavy (non-hydrogen) atoms. The number of hydrogen-bond acceptors (Lipinski definition) is 4. The van der Waals surface area contributed by atoms with E-state index in [4.69, 9.17) is 5.73 Å². The van der Waals surface area contributed by atoms with Crippen LogP contribution in [0.4, 0.5) is 0 Å². The van der Waals surface area contributed by atoms with E-state index >= 15 is 0 Å². The summed E-state index contributed by atoms with van der Waals surface area (Å²) in [4.78, 5) is 4.43. The van der Waals surface area contributed by atoms with E-state index in [0.717, 1.165) is 11.4 Å². The van der Waals surface area contributed by atoms with Crippen molar-refractivity contribution in [1.82, 2.24) is 25.0 Å². The largest absolute Gasteiger partial charge is 0.318 e. The highest BCUT2D eigenvalue weighted by atomic mass is 15.3. The first-order valence-electron chi connectivity index (χ1n) is 6.43. The number of aromatic nitrogens is 5. The van der Waals surface area contributed by atoms with Gasteiger partial charge in [0.1, 0.15) is 12.4 Å². The fraction of sp³-hybridized carbons (Fsp3) is 0.214. The molecule has 0 aliphatic heterocycles. The average Bonchev–Trinajstić information content (AvgIpc) is 3.11. The molecule has 0 radical (unpaired) electrons. The third-order valence-corrected chi connectivity index (χ3v) is 3.13. The number of hydrogen-bond donors (Lipinski definition) is 2. The van der Waals surface area contributed by atoms with Crippen molar-refractivity contribution in [2.24, 2.45) is 5.73 Å². The van der Waals surface area contributed by atoms with Gasteiger partial charge in [-0.05, 0) is 18.6 Å². The molecular formula is C14H16N6. The molecule has 102 valence electrons. The van der Waals surface area contributed by atoms with E-state index in [-0.39, 0.29) is 6.04 Å². The number of aryl methyl sites for hydroxylation is 1. The number of H-pyrrole nitrogens is 1. The Labute approximate surface area is 116 Å². The Morgan fingerprint density at radius 1 is 1.30 bits per heavy atom. The molecule has 3 N–H and O–H groups in total. The summed E-state index contributed by atoms with van der Waals surface area (Å²) in [7, 11) is 0. The van der Waals surface area contributed by atoms with Crippen LogP contribution in [0.1, 0.15) is 28.8 Å². The number of aromatic amines is 1. The second kappa shape index (κ2) is 5.26. The first-order chi connectivity index (χ1) is 9.72. The molecule has 0 unspecified atom stereocenters. The lowest BCUT2D eigenvalue weighted by Crippen LogP contribution is -2.13. The third kappa shape index (κ3) is 2.60. The van der Waals surface area contributed by atoms with Crippen LogP contribution in [0.3, 0.4) is 0 Å². The second-order valence-electron chi connectivity index (χ2n) is 4.73. The van der Waals surface area contributed by atoms with E-state index in [1.807, 2.05) is 43.5 Å². The predicted molar refractivity (Wildman–Crippen MR) is 74.9 cm³/mol. The minimum absolute atomic E-state index is 0.321. The molecule has 0 bridgehead atoms. The predicted octanol–water partition coefficient (Wildman–Crippen LogP) is 1.41. The van der Waals surface area contributed by atoms with Gasteiger partial charge in [-0.3, -0.25) is 9.78 Å². The van der Waals surface area contributed by atoms with E-state index in [0.29, 0.717) is 12.4 Å². The zero-order valence-electron chi connectivity index (χ0n) is 11.2. The normalized spacial score (nSPS) is 12.5. The van der Waals surface area contributed by atoms with Crippen LogP contribution in [0.15, 0.2) is 42.7 Å². The molecule has 0 saturated carbocycles. The molecule has 3 aromatic rings. The Bertz CT molecular complexity index is 668. The fourth-order valence-corrected chi connectivity index (χ4v) is 1.99. The van der Waals surface area contributed by atoms with Crippen LogP contribution in [0.2, 0.25) is 0 Å². The Morgan fingerprint density at radius 2 is 2.10 bits per heavy atom. The molecular weight excluding hydrogens is 252 g/mol. The van der Waals surface area contributed by atoms with Crippen molar-refractivity contribution >= 4 is 0 Å². The minimum Gasteiger partial charge on any atom is -0.318 e. The van der Waals surface area contributed by atoms with Gasteiger partial charge in [-0.25, -0.2) is 4.98 Å². The first kappa shape index (κ1) is 12.6. The van der Waals surface area contributed by atoms with Crippen molar-refractivity contribution in [3.8, 4) is 0 Å². The molecule has 6 nitrogen and oxygen atoms in total. The van der Waals surface area contributed by atoms with Gasteiger partial charge < -0.3 is 5.73 Å². The molecule has 0 saturated heterocycles. The zero-order valence-corrected chi connectivity index (χ0v) is 11.2. The summed E-state index contributed by atoms with van der Waals surface area (Å²) in [6.07, 6.45) is 3.61. The lowest BCUT2D eigenvalue weighted by molar-refractivity contribution is 0.656. The van der Waals surface area contributed by atoms with E-state index < -0.39 is 0 Å². The monoisotopic (exact) mass is 268 g/mol. The topological polar surface area (TPSA) is 85.4 Å². The van der Waals surface area contributed by atoms with Gasteiger partial charge in [-0.1, -0.05) is 29.8 Å². The first-order valence-corrected chi connectivity index (χ1v) is 6.43. The van der Waals surface area contributed by atoms with Crippen LogP contribution in [-0.2, 0) is 6.54 Å². The molecule has 0 aliphatic rings. The maximum absolute atomic E-state index is 6.19. The number of rotatable bonds is 4. The highest BCUT2D eigenvalue weighted by Gasteiger charge is 2.14. The van der Waals surface area contributed by atoms with Gasteiger partial charge in [-0.2, -0.15) is 10.2 Å².